The minimum absolute atomic E-state index is 0.312. The van der Waals surface area contributed by atoms with Crippen molar-refractivity contribution >= 4 is 29.4 Å². The lowest BCUT2D eigenvalue weighted by molar-refractivity contribution is -0.150. The van der Waals surface area contributed by atoms with Gasteiger partial charge in [0.15, 0.2) is 6.61 Å². The zero-order chi connectivity index (χ0) is 17.4. The standard InChI is InChI=1S/C16H21ClN2O4/c1-10(2)8-18-14(20)9-23-16(22)11(3)19-15(21)12-4-6-13(17)7-5-12/h4-7,10-11H,8-9H2,1-3H3,(H,18,20)(H,19,21)/t11-/m0/s1. The lowest BCUT2D eigenvalue weighted by atomic mass is 10.2. The van der Waals surface area contributed by atoms with Crippen molar-refractivity contribution in [3.05, 3.63) is 34.9 Å². The maximum Gasteiger partial charge on any atom is 0.328 e. The van der Waals surface area contributed by atoms with E-state index in [0.717, 1.165) is 0 Å². The molecule has 1 aromatic rings. The van der Waals surface area contributed by atoms with Crippen LogP contribution in [0.5, 0.6) is 0 Å². The smallest absolute Gasteiger partial charge is 0.328 e. The second-order valence-electron chi connectivity index (χ2n) is 5.51. The Labute approximate surface area is 140 Å². The van der Waals surface area contributed by atoms with Crippen LogP contribution in [0.3, 0.4) is 0 Å². The molecular weight excluding hydrogens is 320 g/mol. The van der Waals surface area contributed by atoms with Gasteiger partial charge in [-0.25, -0.2) is 4.79 Å². The number of hydrogen-bond acceptors (Lipinski definition) is 4. The minimum Gasteiger partial charge on any atom is -0.454 e. The van der Waals surface area contributed by atoms with Gasteiger partial charge < -0.3 is 15.4 Å². The molecule has 0 heterocycles. The maximum atomic E-state index is 11.9. The van der Waals surface area contributed by atoms with Gasteiger partial charge >= 0.3 is 5.97 Å². The van der Waals surface area contributed by atoms with Crippen LogP contribution < -0.4 is 10.6 Å². The summed E-state index contributed by atoms with van der Waals surface area (Å²) < 4.78 is 4.87. The number of ether oxygens (including phenoxy) is 1. The molecule has 1 atom stereocenters. The fraction of sp³-hybridized carbons (Fsp3) is 0.438. The number of hydrogen-bond donors (Lipinski definition) is 2. The SMILES string of the molecule is CC(C)CNC(=O)COC(=O)[C@H](C)NC(=O)c1ccc(Cl)cc1. The number of carbonyl (C=O) groups excluding carboxylic acids is 3. The van der Waals surface area contributed by atoms with Crippen LogP contribution in [0.2, 0.25) is 5.02 Å². The lowest BCUT2D eigenvalue weighted by Gasteiger charge is -2.14. The van der Waals surface area contributed by atoms with Crippen molar-refractivity contribution in [1.29, 1.82) is 0 Å². The van der Waals surface area contributed by atoms with Gasteiger partial charge in [-0.1, -0.05) is 25.4 Å². The quantitative estimate of drug-likeness (QED) is 0.741. The Morgan fingerprint density at radius 2 is 1.74 bits per heavy atom. The second-order valence-corrected chi connectivity index (χ2v) is 5.94. The van der Waals surface area contributed by atoms with Crippen LogP contribution in [-0.2, 0) is 14.3 Å². The van der Waals surface area contributed by atoms with Gasteiger partial charge in [0.05, 0.1) is 0 Å². The Kier molecular flexibility index (Phi) is 7.54. The number of benzene rings is 1. The molecule has 2 amide bonds. The van der Waals surface area contributed by atoms with Crippen molar-refractivity contribution in [3.63, 3.8) is 0 Å². The van der Waals surface area contributed by atoms with Crippen molar-refractivity contribution in [2.75, 3.05) is 13.2 Å². The van der Waals surface area contributed by atoms with Crippen LogP contribution in [-0.4, -0.2) is 37.0 Å². The van der Waals surface area contributed by atoms with E-state index in [2.05, 4.69) is 10.6 Å². The van der Waals surface area contributed by atoms with E-state index < -0.39 is 17.9 Å². The van der Waals surface area contributed by atoms with Gasteiger partial charge in [0.2, 0.25) is 0 Å². The van der Waals surface area contributed by atoms with Gasteiger partial charge in [0.1, 0.15) is 6.04 Å². The summed E-state index contributed by atoms with van der Waals surface area (Å²) in [7, 11) is 0. The highest BCUT2D eigenvalue weighted by Gasteiger charge is 2.19. The summed E-state index contributed by atoms with van der Waals surface area (Å²) in [6.07, 6.45) is 0. The van der Waals surface area contributed by atoms with Crippen molar-refractivity contribution in [2.45, 2.75) is 26.8 Å². The molecule has 0 aliphatic carbocycles. The maximum absolute atomic E-state index is 11.9. The molecule has 2 N–H and O–H groups in total. The topological polar surface area (TPSA) is 84.5 Å². The molecular formula is C16H21ClN2O4. The second kappa shape index (κ2) is 9.15. The highest BCUT2D eigenvalue weighted by atomic mass is 35.5. The van der Waals surface area contributed by atoms with E-state index in [1.54, 1.807) is 24.3 Å². The molecule has 0 aliphatic heterocycles. The number of amides is 2. The summed E-state index contributed by atoms with van der Waals surface area (Å²) in [4.78, 5) is 35.2. The predicted molar refractivity (Wildman–Crippen MR) is 87.2 cm³/mol. The van der Waals surface area contributed by atoms with E-state index in [4.69, 9.17) is 16.3 Å². The number of rotatable bonds is 7. The summed E-state index contributed by atoms with van der Waals surface area (Å²) in [5, 5.41) is 5.65. The van der Waals surface area contributed by atoms with E-state index in [-0.39, 0.29) is 12.5 Å². The molecule has 7 heteroatoms. The average molecular weight is 341 g/mol. The third kappa shape index (κ3) is 7.15. The molecule has 0 saturated carbocycles. The number of nitrogens with one attached hydrogen (secondary N) is 2. The average Bonchev–Trinajstić information content (AvgIpc) is 2.50. The number of esters is 1. The van der Waals surface area contributed by atoms with Crippen LogP contribution in [0.1, 0.15) is 31.1 Å². The number of carbonyl (C=O) groups is 3. The summed E-state index contributed by atoms with van der Waals surface area (Å²) in [6.45, 7) is 5.55. The van der Waals surface area contributed by atoms with Gasteiger partial charge in [-0.15, -0.1) is 0 Å². The fourth-order valence-electron chi connectivity index (χ4n) is 1.57. The molecule has 0 fully saturated rings. The third-order valence-electron chi connectivity index (χ3n) is 2.86. The molecule has 0 radical (unpaired) electrons. The molecule has 0 aromatic heterocycles. The Morgan fingerprint density at radius 3 is 2.30 bits per heavy atom. The third-order valence-corrected chi connectivity index (χ3v) is 3.11. The zero-order valence-corrected chi connectivity index (χ0v) is 14.1. The molecule has 6 nitrogen and oxygen atoms in total. The first-order chi connectivity index (χ1) is 10.8. The largest absolute Gasteiger partial charge is 0.454 e. The van der Waals surface area contributed by atoms with Crippen LogP contribution in [0.25, 0.3) is 0 Å². The Morgan fingerprint density at radius 1 is 1.13 bits per heavy atom. The van der Waals surface area contributed by atoms with Crippen LogP contribution in [0, 0.1) is 5.92 Å². The van der Waals surface area contributed by atoms with Gasteiger partial charge in [0.25, 0.3) is 11.8 Å². The molecule has 0 aliphatic rings. The van der Waals surface area contributed by atoms with Crippen LogP contribution in [0.4, 0.5) is 0 Å². The Balaban J connectivity index is 2.40. The first kappa shape index (κ1) is 19.0. The van der Waals surface area contributed by atoms with E-state index >= 15 is 0 Å². The molecule has 1 aromatic carbocycles. The van der Waals surface area contributed by atoms with Gasteiger partial charge in [-0.05, 0) is 37.1 Å². The van der Waals surface area contributed by atoms with E-state index in [1.165, 1.54) is 6.92 Å². The fourth-order valence-corrected chi connectivity index (χ4v) is 1.70. The molecule has 1 rings (SSSR count). The van der Waals surface area contributed by atoms with Crippen molar-refractivity contribution < 1.29 is 19.1 Å². The predicted octanol–water partition coefficient (Wildman–Crippen LogP) is 1.77. The first-order valence-electron chi connectivity index (χ1n) is 7.29. The molecule has 126 valence electrons. The minimum atomic E-state index is -0.865. The van der Waals surface area contributed by atoms with Crippen molar-refractivity contribution in [1.82, 2.24) is 10.6 Å². The summed E-state index contributed by atoms with van der Waals surface area (Å²) in [5.74, 6) is -1.15. The van der Waals surface area contributed by atoms with Crippen LogP contribution in [0.15, 0.2) is 24.3 Å². The van der Waals surface area contributed by atoms with Crippen LogP contribution >= 0.6 is 11.6 Å². The first-order valence-corrected chi connectivity index (χ1v) is 7.67. The molecule has 0 saturated heterocycles. The van der Waals surface area contributed by atoms with Crippen molar-refractivity contribution in [2.24, 2.45) is 5.92 Å². The monoisotopic (exact) mass is 340 g/mol. The summed E-state index contributed by atoms with van der Waals surface area (Å²) in [5.41, 5.74) is 0.378. The molecule has 0 unspecified atom stereocenters. The van der Waals surface area contributed by atoms with E-state index in [9.17, 15) is 14.4 Å². The Bertz CT molecular complexity index is 558. The molecule has 0 bridgehead atoms. The van der Waals surface area contributed by atoms with Gasteiger partial charge in [-0.3, -0.25) is 9.59 Å². The van der Waals surface area contributed by atoms with Gasteiger partial charge in [0, 0.05) is 17.1 Å². The van der Waals surface area contributed by atoms with Gasteiger partial charge in [-0.2, -0.15) is 0 Å². The zero-order valence-electron chi connectivity index (χ0n) is 13.4. The Hall–Kier alpha value is -2.08. The highest BCUT2D eigenvalue weighted by molar-refractivity contribution is 6.30. The molecule has 23 heavy (non-hydrogen) atoms. The lowest BCUT2D eigenvalue weighted by Crippen LogP contribution is -2.41. The summed E-state index contributed by atoms with van der Waals surface area (Å²) in [6, 6.07) is 5.40. The van der Waals surface area contributed by atoms with E-state index in [0.29, 0.717) is 23.0 Å². The van der Waals surface area contributed by atoms with Crippen molar-refractivity contribution in [3.8, 4) is 0 Å². The highest BCUT2D eigenvalue weighted by Crippen LogP contribution is 2.09. The molecule has 0 spiro atoms. The summed E-state index contributed by atoms with van der Waals surface area (Å²) >= 11 is 5.74. The van der Waals surface area contributed by atoms with E-state index in [1.807, 2.05) is 13.8 Å². The number of halogens is 1. The normalized spacial score (nSPS) is 11.7.